The number of methoxy groups -OCH3 is 2. The Morgan fingerprint density at radius 2 is 1.41 bits per heavy atom. The first kappa shape index (κ1) is 24.6. The van der Waals surface area contributed by atoms with E-state index >= 15 is 0 Å². The molecule has 1 aliphatic heterocycles. The van der Waals surface area contributed by atoms with Crippen molar-refractivity contribution in [3.8, 4) is 11.5 Å². The molecule has 2 N–H and O–H groups in total. The summed E-state index contributed by atoms with van der Waals surface area (Å²) in [6, 6.07) is 12.1. The lowest BCUT2D eigenvalue weighted by atomic mass is 10.1. The first-order chi connectivity index (χ1) is 15.3. The Bertz CT molecular complexity index is 925. The largest absolute Gasteiger partial charge is 0.496 e. The zero-order valence-corrected chi connectivity index (χ0v) is 17.8. The van der Waals surface area contributed by atoms with Gasteiger partial charge in [-0.3, -0.25) is 9.69 Å². The van der Waals surface area contributed by atoms with E-state index in [1.807, 2.05) is 6.07 Å². The molecule has 9 nitrogen and oxygen atoms in total. The molecule has 0 spiro atoms. The molecule has 1 amide bonds. The molecule has 2 aromatic rings. The molecule has 2 aromatic carbocycles. The number of piperazine rings is 1. The van der Waals surface area contributed by atoms with Gasteiger partial charge >= 0.3 is 11.9 Å². The van der Waals surface area contributed by atoms with Gasteiger partial charge in [-0.2, -0.15) is 0 Å². The van der Waals surface area contributed by atoms with E-state index in [1.54, 1.807) is 35.2 Å². The summed E-state index contributed by atoms with van der Waals surface area (Å²) in [5, 5.41) is 14.8. The Morgan fingerprint density at radius 1 is 0.875 bits per heavy atom. The Kier molecular flexibility index (Phi) is 8.96. The molecule has 32 heavy (non-hydrogen) atoms. The van der Waals surface area contributed by atoms with Crippen LogP contribution in [0.5, 0.6) is 11.5 Å². The number of amides is 1. The standard InChI is InChI=1S/C20H23FN2O3.C2H2O4/c1-25-17-8-5-9-18(26-2)19(17)20(24)23-12-10-22(11-13-23)14-15-6-3-4-7-16(15)21;3-1(4)2(5)6/h3-9H,10-14H2,1-2H3;(H,3,4)(H,5,6). The quantitative estimate of drug-likeness (QED) is 0.667. The summed E-state index contributed by atoms with van der Waals surface area (Å²) < 4.78 is 24.5. The van der Waals surface area contributed by atoms with Gasteiger partial charge in [0.25, 0.3) is 5.91 Å². The number of rotatable bonds is 5. The maximum absolute atomic E-state index is 13.8. The van der Waals surface area contributed by atoms with Crippen LogP contribution < -0.4 is 9.47 Å². The number of carbonyl (C=O) groups excluding carboxylic acids is 1. The molecule has 172 valence electrons. The van der Waals surface area contributed by atoms with E-state index in [4.69, 9.17) is 29.3 Å². The van der Waals surface area contributed by atoms with E-state index in [2.05, 4.69) is 4.90 Å². The van der Waals surface area contributed by atoms with Gasteiger partial charge in [-0.1, -0.05) is 24.3 Å². The van der Waals surface area contributed by atoms with Crippen molar-refractivity contribution in [1.82, 2.24) is 9.80 Å². The van der Waals surface area contributed by atoms with Gasteiger partial charge in [-0.15, -0.1) is 0 Å². The highest BCUT2D eigenvalue weighted by Gasteiger charge is 2.27. The van der Waals surface area contributed by atoms with Crippen LogP contribution in [0.3, 0.4) is 0 Å². The van der Waals surface area contributed by atoms with E-state index < -0.39 is 11.9 Å². The van der Waals surface area contributed by atoms with Crippen LogP contribution >= 0.6 is 0 Å². The molecule has 0 saturated carbocycles. The Morgan fingerprint density at radius 3 is 1.88 bits per heavy atom. The minimum Gasteiger partial charge on any atom is -0.496 e. The molecule has 0 aromatic heterocycles. The predicted molar refractivity (Wildman–Crippen MR) is 112 cm³/mol. The summed E-state index contributed by atoms with van der Waals surface area (Å²) in [5.74, 6) is -2.94. The number of benzene rings is 2. The van der Waals surface area contributed by atoms with Crippen molar-refractivity contribution < 1.29 is 38.5 Å². The van der Waals surface area contributed by atoms with Crippen LogP contribution in [0, 0.1) is 5.82 Å². The Labute approximate surface area is 184 Å². The molecule has 0 aliphatic carbocycles. The van der Waals surface area contributed by atoms with Gasteiger partial charge < -0.3 is 24.6 Å². The summed E-state index contributed by atoms with van der Waals surface area (Å²) in [4.78, 5) is 35.1. The highest BCUT2D eigenvalue weighted by Crippen LogP contribution is 2.30. The minimum absolute atomic E-state index is 0.107. The van der Waals surface area contributed by atoms with E-state index in [9.17, 15) is 9.18 Å². The van der Waals surface area contributed by atoms with Gasteiger partial charge in [0.15, 0.2) is 0 Å². The van der Waals surface area contributed by atoms with Crippen LogP contribution in [0.25, 0.3) is 0 Å². The highest BCUT2D eigenvalue weighted by molar-refractivity contribution is 6.27. The number of carboxylic acids is 2. The second-order valence-corrected chi connectivity index (χ2v) is 6.81. The molecule has 0 atom stereocenters. The minimum atomic E-state index is -1.82. The lowest BCUT2D eigenvalue weighted by Gasteiger charge is -2.35. The van der Waals surface area contributed by atoms with Crippen LogP contribution in [0.2, 0.25) is 0 Å². The zero-order valence-electron chi connectivity index (χ0n) is 17.8. The first-order valence-electron chi connectivity index (χ1n) is 9.70. The van der Waals surface area contributed by atoms with Crippen molar-refractivity contribution in [2.45, 2.75) is 6.54 Å². The van der Waals surface area contributed by atoms with Gasteiger partial charge in [-0.25, -0.2) is 14.0 Å². The summed E-state index contributed by atoms with van der Waals surface area (Å²) in [7, 11) is 3.08. The molecule has 1 fully saturated rings. The van der Waals surface area contributed by atoms with Crippen LogP contribution in [0.15, 0.2) is 42.5 Å². The van der Waals surface area contributed by atoms with Crippen molar-refractivity contribution in [3.63, 3.8) is 0 Å². The summed E-state index contributed by atoms with van der Waals surface area (Å²) in [5.41, 5.74) is 1.12. The second-order valence-electron chi connectivity index (χ2n) is 6.81. The molecule has 1 heterocycles. The lowest BCUT2D eigenvalue weighted by molar-refractivity contribution is -0.159. The van der Waals surface area contributed by atoms with Crippen molar-refractivity contribution in [2.75, 3.05) is 40.4 Å². The number of hydrogen-bond acceptors (Lipinski definition) is 6. The number of carboxylic acid groups (broad SMARTS) is 2. The molecular weight excluding hydrogens is 423 g/mol. The fourth-order valence-corrected chi connectivity index (χ4v) is 3.20. The van der Waals surface area contributed by atoms with Crippen molar-refractivity contribution in [2.24, 2.45) is 0 Å². The molecule has 1 aliphatic rings. The second kappa shape index (κ2) is 11.7. The molecule has 0 unspecified atom stereocenters. The molecule has 1 saturated heterocycles. The zero-order chi connectivity index (χ0) is 23.7. The predicted octanol–water partition coefficient (Wildman–Crippen LogP) is 1.96. The molecule has 10 heteroatoms. The summed E-state index contributed by atoms with van der Waals surface area (Å²) in [6.07, 6.45) is 0. The Balaban J connectivity index is 0.000000534. The van der Waals surface area contributed by atoms with E-state index in [0.717, 1.165) is 0 Å². The molecular formula is C22H25FN2O7. The average molecular weight is 448 g/mol. The van der Waals surface area contributed by atoms with Gasteiger partial charge in [0.2, 0.25) is 0 Å². The topological polar surface area (TPSA) is 117 Å². The number of carbonyl (C=O) groups is 3. The van der Waals surface area contributed by atoms with Gasteiger partial charge in [-0.05, 0) is 18.2 Å². The fourth-order valence-electron chi connectivity index (χ4n) is 3.20. The average Bonchev–Trinajstić information content (AvgIpc) is 2.80. The third-order valence-electron chi connectivity index (χ3n) is 4.84. The Hall–Kier alpha value is -3.66. The summed E-state index contributed by atoms with van der Waals surface area (Å²) >= 11 is 0. The van der Waals surface area contributed by atoms with Crippen molar-refractivity contribution in [3.05, 3.63) is 59.4 Å². The van der Waals surface area contributed by atoms with Crippen LogP contribution in [-0.4, -0.2) is 78.3 Å². The SMILES string of the molecule is COc1cccc(OC)c1C(=O)N1CCN(Cc2ccccc2F)CC1.O=C(O)C(=O)O. The third-order valence-corrected chi connectivity index (χ3v) is 4.84. The number of hydrogen-bond donors (Lipinski definition) is 2. The number of aliphatic carboxylic acids is 2. The number of halogens is 1. The summed E-state index contributed by atoms with van der Waals surface area (Å²) in [6.45, 7) is 3.09. The van der Waals surface area contributed by atoms with Crippen LogP contribution in [0.4, 0.5) is 4.39 Å². The monoisotopic (exact) mass is 448 g/mol. The van der Waals surface area contributed by atoms with E-state index in [-0.39, 0.29) is 11.7 Å². The smallest absolute Gasteiger partial charge is 0.414 e. The lowest BCUT2D eigenvalue weighted by Crippen LogP contribution is -2.48. The molecule has 3 rings (SSSR count). The van der Waals surface area contributed by atoms with E-state index in [1.165, 1.54) is 20.3 Å². The number of nitrogens with zero attached hydrogens (tertiary/aromatic N) is 2. The normalized spacial score (nSPS) is 13.5. The maximum Gasteiger partial charge on any atom is 0.414 e. The van der Waals surface area contributed by atoms with Crippen molar-refractivity contribution >= 4 is 17.8 Å². The number of ether oxygens (including phenoxy) is 2. The van der Waals surface area contributed by atoms with Crippen LogP contribution in [-0.2, 0) is 16.1 Å². The third kappa shape index (κ3) is 6.42. The van der Waals surface area contributed by atoms with Gasteiger partial charge in [0.05, 0.1) is 14.2 Å². The highest BCUT2D eigenvalue weighted by atomic mass is 19.1. The maximum atomic E-state index is 13.8. The van der Waals surface area contributed by atoms with Crippen molar-refractivity contribution in [1.29, 1.82) is 0 Å². The van der Waals surface area contributed by atoms with E-state index in [0.29, 0.717) is 55.3 Å². The van der Waals surface area contributed by atoms with Crippen LogP contribution in [0.1, 0.15) is 15.9 Å². The van der Waals surface area contributed by atoms with Gasteiger partial charge in [0, 0.05) is 38.3 Å². The first-order valence-corrected chi connectivity index (χ1v) is 9.70. The fraction of sp³-hybridized carbons (Fsp3) is 0.318. The molecule has 0 radical (unpaired) electrons. The molecule has 0 bridgehead atoms. The van der Waals surface area contributed by atoms with Gasteiger partial charge in [0.1, 0.15) is 22.9 Å².